The van der Waals surface area contributed by atoms with Gasteiger partial charge in [0, 0.05) is 36.2 Å². The van der Waals surface area contributed by atoms with E-state index >= 15 is 0 Å². The Morgan fingerprint density at radius 2 is 1.95 bits per heavy atom. The Morgan fingerprint density at radius 1 is 1.17 bits per heavy atom. The molecule has 1 aromatic carbocycles. The Kier molecular flexibility index (Phi) is 9.14. The first-order chi connectivity index (χ1) is 19.9. The van der Waals surface area contributed by atoms with Gasteiger partial charge in [-0.15, -0.1) is 0 Å². The first kappa shape index (κ1) is 28.6. The number of carbonyl (C=O) groups is 2. The monoisotopic (exact) mass is 557 g/mol. The molecule has 2 N–H and O–H groups in total. The number of hydrogen-bond donors (Lipinski definition) is 2. The van der Waals surface area contributed by atoms with Crippen LogP contribution in [0.2, 0.25) is 0 Å². The fourth-order valence-electron chi connectivity index (χ4n) is 5.89. The predicted octanol–water partition coefficient (Wildman–Crippen LogP) is 4.10. The fourth-order valence-corrected chi connectivity index (χ4v) is 5.89. The van der Waals surface area contributed by atoms with Gasteiger partial charge in [-0.05, 0) is 83.7 Å². The molecule has 2 aromatic heterocycles. The Bertz CT molecular complexity index is 1490. The lowest BCUT2D eigenvalue weighted by Gasteiger charge is -2.29. The maximum Gasteiger partial charge on any atom is 0.280 e. The largest absolute Gasteiger partial charge is 0.476 e. The minimum Gasteiger partial charge on any atom is -0.476 e. The number of ether oxygens (including phenoxy) is 1. The molecule has 1 aliphatic carbocycles. The quantitative estimate of drug-likeness (QED) is 0.429. The number of rotatable bonds is 8. The summed E-state index contributed by atoms with van der Waals surface area (Å²) in [7, 11) is 0. The van der Waals surface area contributed by atoms with Gasteiger partial charge in [-0.1, -0.05) is 12.5 Å². The number of nitrogens with zero attached hydrogens (tertiary/aromatic N) is 5. The number of likely N-dealkylation sites (tertiary alicyclic amines) is 1. The Hall–Kier alpha value is -3.97. The van der Waals surface area contributed by atoms with Crippen LogP contribution in [0.1, 0.15) is 80.8 Å². The van der Waals surface area contributed by atoms with Crippen molar-refractivity contribution in [3.63, 3.8) is 0 Å². The van der Waals surface area contributed by atoms with Crippen LogP contribution < -0.4 is 15.7 Å². The van der Waals surface area contributed by atoms with Crippen molar-refractivity contribution < 1.29 is 14.3 Å². The highest BCUT2D eigenvalue weighted by Crippen LogP contribution is 2.33. The molecule has 0 radical (unpaired) electrons. The zero-order chi connectivity index (χ0) is 28.8. The summed E-state index contributed by atoms with van der Waals surface area (Å²) in [4.78, 5) is 40.5. The standard InChI is InChI=1S/C31H39N7O3/c1-21(2)34-29(39)23-9-11-25(12-10-23)38-27-18-28(41-16-15-37-13-4-3-5-14-37)33-20-26(27)35-31(38)36-30(40)24-8-6-7-22(17-24)19-32/h6-8,17-18,20-21,23,25H,3-5,9-16H2,1-2H3,(H,34,39)(H,35,36,40)/t23-,25+. The third-order valence-electron chi connectivity index (χ3n) is 8.01. The molecule has 3 heterocycles. The van der Waals surface area contributed by atoms with Crippen LogP contribution in [0.15, 0.2) is 41.5 Å². The summed E-state index contributed by atoms with van der Waals surface area (Å²) in [5.74, 6) is 0.184. The van der Waals surface area contributed by atoms with Crippen molar-refractivity contribution in [2.75, 3.05) is 26.2 Å². The highest BCUT2D eigenvalue weighted by molar-refractivity contribution is 5.95. The van der Waals surface area contributed by atoms with Crippen molar-refractivity contribution in [1.29, 1.82) is 5.26 Å². The summed E-state index contributed by atoms with van der Waals surface area (Å²) in [6.45, 7) is 7.60. The molecular formula is C31H39N7O3. The third-order valence-corrected chi connectivity index (χ3v) is 8.01. The Morgan fingerprint density at radius 3 is 2.68 bits per heavy atom. The van der Waals surface area contributed by atoms with E-state index in [2.05, 4.69) is 35.8 Å². The van der Waals surface area contributed by atoms with Crippen molar-refractivity contribution in [2.45, 2.75) is 70.9 Å². The highest BCUT2D eigenvalue weighted by Gasteiger charge is 2.29. The van der Waals surface area contributed by atoms with Crippen LogP contribution >= 0.6 is 0 Å². The fraction of sp³-hybridized carbons (Fsp3) is 0.516. The third kappa shape index (κ3) is 7.03. The number of carbonyl (C=O) groups excluding carboxylic acids is 2. The summed E-state index contributed by atoms with van der Waals surface area (Å²) in [6.07, 6.45) is 8.57. The molecule has 0 atom stereocenters. The van der Waals surface area contributed by atoms with Gasteiger partial charge in [0.1, 0.15) is 6.61 Å². The molecule has 10 nitrogen and oxygen atoms in total. The molecular weight excluding hydrogens is 518 g/mol. The number of nitriles is 1. The number of hydrogen-bond acceptors (Lipinski definition) is 6. The van der Waals surface area contributed by atoms with E-state index in [1.165, 1.54) is 19.3 Å². The molecule has 1 saturated carbocycles. The topological polar surface area (TPSA) is 128 Å². The number of piperidine rings is 1. The van der Waals surface area contributed by atoms with Gasteiger partial charge >= 0.3 is 0 Å². The number of amides is 2. The van der Waals surface area contributed by atoms with Gasteiger partial charge in [0.15, 0.2) is 0 Å². The van der Waals surface area contributed by atoms with Gasteiger partial charge in [0.2, 0.25) is 17.4 Å². The van der Waals surface area contributed by atoms with Crippen molar-refractivity contribution in [3.8, 4) is 11.9 Å². The van der Waals surface area contributed by atoms with E-state index in [9.17, 15) is 14.9 Å². The number of benzene rings is 1. The van der Waals surface area contributed by atoms with Crippen LogP contribution in [-0.2, 0) is 4.79 Å². The first-order valence-electron chi connectivity index (χ1n) is 14.8. The van der Waals surface area contributed by atoms with Gasteiger partial charge in [-0.2, -0.15) is 10.3 Å². The lowest BCUT2D eigenvalue weighted by Crippen LogP contribution is -2.38. The molecule has 0 unspecified atom stereocenters. The van der Waals surface area contributed by atoms with E-state index in [4.69, 9.17) is 4.74 Å². The predicted molar refractivity (Wildman–Crippen MR) is 155 cm³/mol. The molecule has 2 amide bonds. The molecule has 10 heteroatoms. The van der Waals surface area contributed by atoms with E-state index in [0.717, 1.165) is 56.4 Å². The van der Waals surface area contributed by atoms with Gasteiger partial charge in [0.05, 0.1) is 28.9 Å². The molecule has 1 aliphatic heterocycles. The SMILES string of the molecule is CC(C)NC(=O)[C@H]1CC[C@@H](n2/c(=N/C(=O)c3cccc(C#N)c3)[nH]c3cnc(OCCN4CCCCC4)cc32)CC1. The van der Waals surface area contributed by atoms with Crippen LogP contribution in [-0.4, -0.2) is 63.5 Å². The second-order valence-corrected chi connectivity index (χ2v) is 11.4. The second-order valence-electron chi connectivity index (χ2n) is 11.4. The highest BCUT2D eigenvalue weighted by atomic mass is 16.5. The summed E-state index contributed by atoms with van der Waals surface area (Å²) in [5, 5.41) is 12.3. The summed E-state index contributed by atoms with van der Waals surface area (Å²) in [5.41, 5.74) is 2.80. The molecule has 5 rings (SSSR count). The lowest BCUT2D eigenvalue weighted by atomic mass is 9.85. The number of H-pyrrole nitrogens is 1. The van der Waals surface area contributed by atoms with Crippen molar-refractivity contribution in [1.82, 2.24) is 24.8 Å². The number of pyridine rings is 1. The molecule has 1 saturated heterocycles. The van der Waals surface area contributed by atoms with Crippen molar-refractivity contribution in [3.05, 3.63) is 53.3 Å². The number of imidazole rings is 1. The van der Waals surface area contributed by atoms with E-state index in [0.29, 0.717) is 29.2 Å². The minimum atomic E-state index is -0.432. The van der Waals surface area contributed by atoms with E-state index in [-0.39, 0.29) is 23.9 Å². The molecule has 3 aromatic rings. The van der Waals surface area contributed by atoms with E-state index in [1.54, 1.807) is 30.5 Å². The summed E-state index contributed by atoms with van der Waals surface area (Å²) < 4.78 is 8.14. The van der Waals surface area contributed by atoms with Gasteiger partial charge in [-0.25, -0.2) is 4.98 Å². The molecule has 2 aliphatic rings. The molecule has 2 fully saturated rings. The molecule has 41 heavy (non-hydrogen) atoms. The average Bonchev–Trinajstić information content (AvgIpc) is 3.34. The lowest BCUT2D eigenvalue weighted by molar-refractivity contribution is -0.126. The van der Waals surface area contributed by atoms with E-state index < -0.39 is 5.91 Å². The first-order valence-corrected chi connectivity index (χ1v) is 14.8. The van der Waals surface area contributed by atoms with E-state index in [1.807, 2.05) is 19.9 Å². The van der Waals surface area contributed by atoms with Crippen LogP contribution in [0.4, 0.5) is 0 Å². The number of fused-ring (bicyclic) bond motifs is 1. The number of aromatic amines is 1. The van der Waals surface area contributed by atoms with Gasteiger partial charge in [-0.3, -0.25) is 14.5 Å². The minimum absolute atomic E-state index is 0.0226. The molecule has 216 valence electrons. The number of aromatic nitrogens is 3. The van der Waals surface area contributed by atoms with Crippen molar-refractivity contribution >= 4 is 22.8 Å². The summed E-state index contributed by atoms with van der Waals surface area (Å²) >= 11 is 0. The maximum absolute atomic E-state index is 13.2. The molecule has 0 bridgehead atoms. The smallest absolute Gasteiger partial charge is 0.280 e. The van der Waals surface area contributed by atoms with Crippen LogP contribution in [0.5, 0.6) is 5.88 Å². The Labute approximate surface area is 240 Å². The van der Waals surface area contributed by atoms with Crippen LogP contribution in [0.25, 0.3) is 11.0 Å². The van der Waals surface area contributed by atoms with Crippen molar-refractivity contribution in [2.24, 2.45) is 10.9 Å². The average molecular weight is 558 g/mol. The van der Waals surface area contributed by atoms with Gasteiger partial charge < -0.3 is 19.6 Å². The summed E-state index contributed by atoms with van der Waals surface area (Å²) in [6, 6.07) is 10.7. The Balaban J connectivity index is 1.43. The molecule has 0 spiro atoms. The zero-order valence-corrected chi connectivity index (χ0v) is 23.9. The van der Waals surface area contributed by atoms with Crippen LogP contribution in [0, 0.1) is 17.2 Å². The second kappa shape index (κ2) is 13.1. The van der Waals surface area contributed by atoms with Crippen LogP contribution in [0.3, 0.4) is 0 Å². The number of nitrogens with one attached hydrogen (secondary N) is 2. The normalized spacial score (nSPS) is 20.2. The van der Waals surface area contributed by atoms with Gasteiger partial charge in [0.25, 0.3) is 5.91 Å². The zero-order valence-electron chi connectivity index (χ0n) is 23.9. The maximum atomic E-state index is 13.2.